The topological polar surface area (TPSA) is 96.2 Å². The first-order chi connectivity index (χ1) is 10.8. The number of hydrogen-bond donors (Lipinski definition) is 2. The SMILES string of the molecule is NC1CCN(c2nc3c(N4CCOCC4)ncnc3[nH]2)CC1. The summed E-state index contributed by atoms with van der Waals surface area (Å²) in [6, 6.07) is 0.310. The number of nitrogens with one attached hydrogen (secondary N) is 1. The number of anilines is 2. The van der Waals surface area contributed by atoms with Gasteiger partial charge in [-0.25, -0.2) is 15.0 Å². The van der Waals surface area contributed by atoms with Crippen LogP contribution in [0.2, 0.25) is 0 Å². The Hall–Kier alpha value is -1.93. The Morgan fingerprint density at radius 2 is 1.86 bits per heavy atom. The molecule has 4 rings (SSSR count). The first-order valence-electron chi connectivity index (χ1n) is 7.85. The third-order valence-corrected chi connectivity index (χ3v) is 4.40. The lowest BCUT2D eigenvalue weighted by molar-refractivity contribution is 0.122. The molecule has 2 aromatic heterocycles. The molecule has 2 saturated heterocycles. The largest absolute Gasteiger partial charge is 0.378 e. The number of morpholine rings is 1. The fourth-order valence-electron chi connectivity index (χ4n) is 3.07. The van der Waals surface area contributed by atoms with E-state index in [4.69, 9.17) is 15.5 Å². The fourth-order valence-corrected chi connectivity index (χ4v) is 3.07. The number of H-pyrrole nitrogens is 1. The maximum Gasteiger partial charge on any atom is 0.205 e. The van der Waals surface area contributed by atoms with E-state index in [1.807, 2.05) is 0 Å². The smallest absolute Gasteiger partial charge is 0.205 e. The van der Waals surface area contributed by atoms with E-state index in [-0.39, 0.29) is 0 Å². The highest BCUT2D eigenvalue weighted by Crippen LogP contribution is 2.25. The van der Waals surface area contributed by atoms with Gasteiger partial charge < -0.3 is 25.3 Å². The molecule has 8 heteroatoms. The molecular weight excluding hydrogens is 282 g/mol. The molecule has 0 aromatic carbocycles. The van der Waals surface area contributed by atoms with Gasteiger partial charge in [-0.3, -0.25) is 0 Å². The van der Waals surface area contributed by atoms with Gasteiger partial charge in [-0.05, 0) is 12.8 Å². The average molecular weight is 303 g/mol. The number of hydrogen-bond acceptors (Lipinski definition) is 7. The van der Waals surface area contributed by atoms with Crippen LogP contribution in [-0.2, 0) is 4.74 Å². The zero-order chi connectivity index (χ0) is 14.9. The molecule has 2 aliphatic heterocycles. The number of fused-ring (bicyclic) bond motifs is 1. The molecule has 3 N–H and O–H groups in total. The third-order valence-electron chi connectivity index (χ3n) is 4.40. The van der Waals surface area contributed by atoms with Crippen molar-refractivity contribution in [1.82, 2.24) is 19.9 Å². The number of nitrogens with two attached hydrogens (primary N) is 1. The van der Waals surface area contributed by atoms with Crippen LogP contribution in [0.15, 0.2) is 6.33 Å². The van der Waals surface area contributed by atoms with Gasteiger partial charge >= 0.3 is 0 Å². The molecule has 0 unspecified atom stereocenters. The molecule has 0 saturated carbocycles. The molecule has 0 aliphatic carbocycles. The summed E-state index contributed by atoms with van der Waals surface area (Å²) in [5.41, 5.74) is 7.61. The number of rotatable bonds is 2. The Bertz CT molecular complexity index is 644. The Morgan fingerprint density at radius 3 is 2.64 bits per heavy atom. The molecule has 2 aliphatic rings. The minimum atomic E-state index is 0.310. The number of nitrogens with zero attached hydrogens (tertiary/aromatic N) is 5. The molecule has 2 fully saturated rings. The van der Waals surface area contributed by atoms with E-state index in [0.717, 1.165) is 75.2 Å². The Balaban J connectivity index is 1.65. The van der Waals surface area contributed by atoms with E-state index in [0.29, 0.717) is 6.04 Å². The van der Waals surface area contributed by atoms with Crippen molar-refractivity contribution in [3.8, 4) is 0 Å². The van der Waals surface area contributed by atoms with E-state index in [2.05, 4.69) is 24.8 Å². The van der Waals surface area contributed by atoms with E-state index >= 15 is 0 Å². The van der Waals surface area contributed by atoms with Gasteiger partial charge in [-0.1, -0.05) is 0 Å². The zero-order valence-electron chi connectivity index (χ0n) is 12.5. The summed E-state index contributed by atoms with van der Waals surface area (Å²) >= 11 is 0. The molecule has 118 valence electrons. The lowest BCUT2D eigenvalue weighted by Gasteiger charge is -2.29. The highest BCUT2D eigenvalue weighted by molar-refractivity contribution is 5.85. The van der Waals surface area contributed by atoms with Crippen molar-refractivity contribution >= 4 is 22.9 Å². The van der Waals surface area contributed by atoms with Crippen molar-refractivity contribution in [2.75, 3.05) is 49.2 Å². The lowest BCUT2D eigenvalue weighted by Crippen LogP contribution is -2.40. The number of aromatic nitrogens is 4. The van der Waals surface area contributed by atoms with Crippen LogP contribution >= 0.6 is 0 Å². The molecule has 0 spiro atoms. The van der Waals surface area contributed by atoms with Gasteiger partial charge in [0, 0.05) is 32.2 Å². The van der Waals surface area contributed by atoms with Gasteiger partial charge in [-0.2, -0.15) is 0 Å². The first kappa shape index (κ1) is 13.7. The van der Waals surface area contributed by atoms with Crippen LogP contribution in [-0.4, -0.2) is 65.4 Å². The number of imidazole rings is 1. The van der Waals surface area contributed by atoms with Crippen LogP contribution in [0.1, 0.15) is 12.8 Å². The third kappa shape index (κ3) is 2.48. The normalized spacial score (nSPS) is 20.8. The molecule has 22 heavy (non-hydrogen) atoms. The van der Waals surface area contributed by atoms with Crippen LogP contribution in [0, 0.1) is 0 Å². The summed E-state index contributed by atoms with van der Waals surface area (Å²) in [4.78, 5) is 21.3. The van der Waals surface area contributed by atoms with Crippen molar-refractivity contribution in [3.05, 3.63) is 6.33 Å². The van der Waals surface area contributed by atoms with Crippen LogP contribution in [0.25, 0.3) is 11.2 Å². The summed E-state index contributed by atoms with van der Waals surface area (Å²) in [6.07, 6.45) is 3.60. The van der Waals surface area contributed by atoms with Crippen molar-refractivity contribution in [1.29, 1.82) is 0 Å². The molecule has 0 bridgehead atoms. The number of ether oxygens (including phenoxy) is 1. The van der Waals surface area contributed by atoms with Crippen LogP contribution in [0.4, 0.5) is 11.8 Å². The maximum atomic E-state index is 5.97. The van der Waals surface area contributed by atoms with Crippen LogP contribution in [0.5, 0.6) is 0 Å². The van der Waals surface area contributed by atoms with Gasteiger partial charge in [0.2, 0.25) is 5.95 Å². The highest BCUT2D eigenvalue weighted by atomic mass is 16.5. The molecule has 8 nitrogen and oxygen atoms in total. The Kier molecular flexibility index (Phi) is 3.55. The van der Waals surface area contributed by atoms with Crippen LogP contribution < -0.4 is 15.5 Å². The van der Waals surface area contributed by atoms with E-state index in [9.17, 15) is 0 Å². The van der Waals surface area contributed by atoms with Gasteiger partial charge in [0.1, 0.15) is 6.33 Å². The second-order valence-electron chi connectivity index (χ2n) is 5.88. The van der Waals surface area contributed by atoms with Crippen molar-refractivity contribution in [3.63, 3.8) is 0 Å². The monoisotopic (exact) mass is 303 g/mol. The summed E-state index contributed by atoms with van der Waals surface area (Å²) in [7, 11) is 0. The second kappa shape index (κ2) is 5.69. The summed E-state index contributed by atoms with van der Waals surface area (Å²) in [5, 5.41) is 0. The van der Waals surface area contributed by atoms with E-state index in [1.165, 1.54) is 0 Å². The minimum Gasteiger partial charge on any atom is -0.378 e. The number of piperidine rings is 1. The van der Waals surface area contributed by atoms with Gasteiger partial charge in [0.15, 0.2) is 17.0 Å². The molecule has 0 atom stereocenters. The first-order valence-corrected chi connectivity index (χ1v) is 7.85. The number of aromatic amines is 1. The molecule has 4 heterocycles. The molecular formula is C14H21N7O. The van der Waals surface area contributed by atoms with Gasteiger partial charge in [0.25, 0.3) is 0 Å². The quantitative estimate of drug-likeness (QED) is 0.813. The van der Waals surface area contributed by atoms with Crippen molar-refractivity contribution in [2.45, 2.75) is 18.9 Å². The summed E-state index contributed by atoms with van der Waals surface area (Å²) < 4.78 is 5.41. The lowest BCUT2D eigenvalue weighted by atomic mass is 10.1. The fraction of sp³-hybridized carbons (Fsp3) is 0.643. The van der Waals surface area contributed by atoms with E-state index < -0.39 is 0 Å². The highest BCUT2D eigenvalue weighted by Gasteiger charge is 2.22. The second-order valence-corrected chi connectivity index (χ2v) is 5.88. The minimum absolute atomic E-state index is 0.310. The van der Waals surface area contributed by atoms with Gasteiger partial charge in [0.05, 0.1) is 13.2 Å². The maximum absolute atomic E-state index is 5.97. The molecule has 2 aromatic rings. The molecule has 0 radical (unpaired) electrons. The van der Waals surface area contributed by atoms with Crippen molar-refractivity contribution in [2.24, 2.45) is 5.73 Å². The average Bonchev–Trinajstić information content (AvgIpc) is 3.00. The molecule has 0 amide bonds. The van der Waals surface area contributed by atoms with Gasteiger partial charge in [-0.15, -0.1) is 0 Å². The van der Waals surface area contributed by atoms with Crippen LogP contribution in [0.3, 0.4) is 0 Å². The van der Waals surface area contributed by atoms with E-state index in [1.54, 1.807) is 6.33 Å². The summed E-state index contributed by atoms with van der Waals surface area (Å²) in [5.74, 6) is 1.77. The predicted molar refractivity (Wildman–Crippen MR) is 84.1 cm³/mol. The Labute approximate surface area is 128 Å². The zero-order valence-corrected chi connectivity index (χ0v) is 12.5. The van der Waals surface area contributed by atoms with Crippen molar-refractivity contribution < 1.29 is 4.74 Å². The Morgan fingerprint density at radius 1 is 1.09 bits per heavy atom. The standard InChI is InChI=1S/C14H21N7O/c15-10-1-3-21(4-2-10)14-18-11-12(19-14)16-9-17-13(11)20-5-7-22-8-6-20/h9-10H,1-8,15H2,(H,16,17,18,19). The predicted octanol–water partition coefficient (Wildman–Crippen LogP) is 0.117. The summed E-state index contributed by atoms with van der Waals surface area (Å²) in [6.45, 7) is 5.00.